The van der Waals surface area contributed by atoms with Gasteiger partial charge in [0, 0.05) is 37.0 Å². The molecule has 3 aromatic carbocycles. The van der Waals surface area contributed by atoms with Crippen LogP contribution >= 0.6 is 0 Å². The number of oxazole rings is 1. The molecule has 2 N–H and O–H groups in total. The fourth-order valence-corrected chi connectivity index (χ4v) is 3.71. The summed E-state index contributed by atoms with van der Waals surface area (Å²) in [6, 6.07) is 17.8. The number of fused-ring (bicyclic) bond motifs is 2. The lowest BCUT2D eigenvalue weighted by Gasteiger charge is -2.26. The Hall–Kier alpha value is -3.09. The van der Waals surface area contributed by atoms with Crippen molar-refractivity contribution >= 4 is 27.6 Å². The second-order valence-electron chi connectivity index (χ2n) is 7.24. The van der Waals surface area contributed by atoms with E-state index >= 15 is 0 Å². The van der Waals surface area contributed by atoms with E-state index in [1.165, 1.54) is 0 Å². The molecule has 1 aliphatic heterocycles. The summed E-state index contributed by atoms with van der Waals surface area (Å²) in [4.78, 5) is 6.99. The Morgan fingerprint density at radius 2 is 1.93 bits per heavy atom. The van der Waals surface area contributed by atoms with Gasteiger partial charge in [-0.1, -0.05) is 12.1 Å². The fraction of sp³-hybridized carbons (Fsp3) is 0.261. The van der Waals surface area contributed by atoms with Crippen LogP contribution in [0, 0.1) is 0 Å². The second kappa shape index (κ2) is 7.73. The number of ether oxygens (including phenoxy) is 2. The summed E-state index contributed by atoms with van der Waals surface area (Å²) in [5.41, 5.74) is 8.97. The highest BCUT2D eigenvalue weighted by atomic mass is 16.5. The van der Waals surface area contributed by atoms with E-state index in [0.717, 1.165) is 60.5 Å². The number of morpholine rings is 1. The highest BCUT2D eigenvalue weighted by molar-refractivity contribution is 5.96. The summed E-state index contributed by atoms with van der Waals surface area (Å²) in [6.45, 7) is 5.13. The third kappa shape index (κ3) is 3.77. The normalized spacial score (nSPS) is 15.2. The topological polar surface area (TPSA) is 73.8 Å². The standard InChI is InChI=1S/C23H23N3O3/c24-17-4-7-21-22(15-17)29-23(25-21)20-3-1-2-16-14-18(5-6-19(16)20)28-13-10-26-8-11-27-12-9-26/h1-7,14-15H,8-13,24H2. The van der Waals surface area contributed by atoms with Crippen LogP contribution in [0.1, 0.15) is 0 Å². The first kappa shape index (κ1) is 18.0. The molecule has 0 atom stereocenters. The summed E-state index contributed by atoms with van der Waals surface area (Å²) in [6.07, 6.45) is 0. The molecule has 6 nitrogen and oxygen atoms in total. The first-order valence-electron chi connectivity index (χ1n) is 9.88. The molecule has 148 valence electrons. The smallest absolute Gasteiger partial charge is 0.227 e. The van der Waals surface area contributed by atoms with Crippen LogP contribution in [0.15, 0.2) is 59.0 Å². The molecule has 1 fully saturated rings. The number of nitrogen functional groups attached to an aromatic ring is 1. The maximum Gasteiger partial charge on any atom is 0.227 e. The van der Waals surface area contributed by atoms with Crippen molar-refractivity contribution in [2.24, 2.45) is 0 Å². The Balaban J connectivity index is 1.38. The van der Waals surface area contributed by atoms with Crippen LogP contribution in [-0.2, 0) is 4.74 Å². The Morgan fingerprint density at radius 1 is 1.03 bits per heavy atom. The predicted octanol–water partition coefficient (Wildman–Crippen LogP) is 3.94. The molecule has 0 spiro atoms. The van der Waals surface area contributed by atoms with Gasteiger partial charge in [-0.25, -0.2) is 4.98 Å². The molecule has 6 heteroatoms. The van der Waals surface area contributed by atoms with Gasteiger partial charge in [0.25, 0.3) is 0 Å². The van der Waals surface area contributed by atoms with Crippen molar-refractivity contribution in [3.05, 3.63) is 54.6 Å². The molecule has 1 aromatic heterocycles. The quantitative estimate of drug-likeness (QED) is 0.521. The number of aromatic nitrogens is 1. The molecule has 29 heavy (non-hydrogen) atoms. The highest BCUT2D eigenvalue weighted by Gasteiger charge is 2.13. The minimum Gasteiger partial charge on any atom is -0.492 e. The van der Waals surface area contributed by atoms with Crippen LogP contribution in [0.5, 0.6) is 5.75 Å². The maximum absolute atomic E-state index is 5.99. The summed E-state index contributed by atoms with van der Waals surface area (Å²) in [5.74, 6) is 1.46. The molecule has 0 saturated carbocycles. The van der Waals surface area contributed by atoms with Gasteiger partial charge in [0.2, 0.25) is 5.89 Å². The Labute approximate surface area is 168 Å². The SMILES string of the molecule is Nc1ccc2nc(-c3cccc4cc(OCCN5CCOCC5)ccc34)oc2c1. The van der Waals surface area contributed by atoms with E-state index in [2.05, 4.69) is 28.1 Å². The van der Waals surface area contributed by atoms with Crippen molar-refractivity contribution in [1.82, 2.24) is 9.88 Å². The summed E-state index contributed by atoms with van der Waals surface area (Å²) in [7, 11) is 0. The van der Waals surface area contributed by atoms with E-state index in [-0.39, 0.29) is 0 Å². The molecule has 0 unspecified atom stereocenters. The Morgan fingerprint density at radius 3 is 2.83 bits per heavy atom. The number of anilines is 1. The first-order valence-corrected chi connectivity index (χ1v) is 9.88. The molecule has 1 saturated heterocycles. The number of rotatable bonds is 5. The minimum absolute atomic E-state index is 0.595. The van der Waals surface area contributed by atoms with Crippen molar-refractivity contribution in [3.63, 3.8) is 0 Å². The van der Waals surface area contributed by atoms with Crippen molar-refractivity contribution in [1.29, 1.82) is 0 Å². The zero-order chi connectivity index (χ0) is 19.6. The lowest BCUT2D eigenvalue weighted by atomic mass is 10.0. The molecular formula is C23H23N3O3. The Kier molecular flexibility index (Phi) is 4.79. The van der Waals surface area contributed by atoms with E-state index in [1.807, 2.05) is 30.3 Å². The number of benzene rings is 3. The van der Waals surface area contributed by atoms with Gasteiger partial charge in [0.15, 0.2) is 5.58 Å². The minimum atomic E-state index is 0.595. The van der Waals surface area contributed by atoms with Crippen LogP contribution in [0.2, 0.25) is 0 Å². The number of hydrogen-bond acceptors (Lipinski definition) is 6. The fourth-order valence-electron chi connectivity index (χ4n) is 3.71. The number of hydrogen-bond donors (Lipinski definition) is 1. The second-order valence-corrected chi connectivity index (χ2v) is 7.24. The van der Waals surface area contributed by atoms with Crippen LogP contribution in [0.4, 0.5) is 5.69 Å². The van der Waals surface area contributed by atoms with E-state index in [4.69, 9.17) is 19.6 Å². The van der Waals surface area contributed by atoms with Crippen molar-refractivity contribution in [3.8, 4) is 17.2 Å². The molecular weight excluding hydrogens is 366 g/mol. The van der Waals surface area contributed by atoms with Crippen molar-refractivity contribution in [2.75, 3.05) is 45.2 Å². The summed E-state index contributed by atoms with van der Waals surface area (Å²) < 4.78 is 17.3. The van der Waals surface area contributed by atoms with Gasteiger partial charge in [0.1, 0.15) is 17.9 Å². The average Bonchev–Trinajstić information content (AvgIpc) is 3.17. The zero-order valence-corrected chi connectivity index (χ0v) is 16.1. The van der Waals surface area contributed by atoms with Crippen LogP contribution in [0.3, 0.4) is 0 Å². The van der Waals surface area contributed by atoms with E-state index in [0.29, 0.717) is 23.8 Å². The van der Waals surface area contributed by atoms with Gasteiger partial charge >= 0.3 is 0 Å². The molecule has 0 radical (unpaired) electrons. The van der Waals surface area contributed by atoms with Crippen LogP contribution in [-0.4, -0.2) is 49.3 Å². The van der Waals surface area contributed by atoms with Gasteiger partial charge in [-0.3, -0.25) is 4.90 Å². The third-order valence-electron chi connectivity index (χ3n) is 5.27. The predicted molar refractivity (Wildman–Crippen MR) is 114 cm³/mol. The monoisotopic (exact) mass is 389 g/mol. The van der Waals surface area contributed by atoms with Crippen LogP contribution in [0.25, 0.3) is 33.3 Å². The molecule has 1 aliphatic rings. The maximum atomic E-state index is 5.99. The largest absolute Gasteiger partial charge is 0.492 e. The molecule has 0 amide bonds. The number of nitrogens with zero attached hydrogens (tertiary/aromatic N) is 2. The van der Waals surface area contributed by atoms with E-state index in [9.17, 15) is 0 Å². The molecule has 4 aromatic rings. The van der Waals surface area contributed by atoms with Gasteiger partial charge in [-0.2, -0.15) is 0 Å². The van der Waals surface area contributed by atoms with E-state index < -0.39 is 0 Å². The van der Waals surface area contributed by atoms with Crippen molar-refractivity contribution < 1.29 is 13.9 Å². The van der Waals surface area contributed by atoms with E-state index in [1.54, 1.807) is 6.07 Å². The lowest BCUT2D eigenvalue weighted by Crippen LogP contribution is -2.38. The number of nitrogens with two attached hydrogens (primary N) is 1. The molecule has 0 aliphatic carbocycles. The van der Waals surface area contributed by atoms with Gasteiger partial charge in [0.05, 0.1) is 13.2 Å². The van der Waals surface area contributed by atoms with Gasteiger partial charge in [-0.05, 0) is 47.2 Å². The van der Waals surface area contributed by atoms with Crippen molar-refractivity contribution in [2.45, 2.75) is 0 Å². The molecule has 2 heterocycles. The summed E-state index contributed by atoms with van der Waals surface area (Å²) >= 11 is 0. The molecule has 0 bridgehead atoms. The third-order valence-corrected chi connectivity index (χ3v) is 5.27. The zero-order valence-electron chi connectivity index (χ0n) is 16.1. The van der Waals surface area contributed by atoms with Gasteiger partial charge in [-0.15, -0.1) is 0 Å². The highest BCUT2D eigenvalue weighted by Crippen LogP contribution is 2.32. The molecule has 5 rings (SSSR count). The summed E-state index contributed by atoms with van der Waals surface area (Å²) in [5, 5.41) is 2.17. The first-order chi connectivity index (χ1) is 14.3. The average molecular weight is 389 g/mol. The van der Waals surface area contributed by atoms with Gasteiger partial charge < -0.3 is 19.6 Å². The van der Waals surface area contributed by atoms with Crippen LogP contribution < -0.4 is 10.5 Å². The lowest BCUT2D eigenvalue weighted by molar-refractivity contribution is 0.0322. The Bertz CT molecular complexity index is 1150.